The number of hydrogen-bond donors (Lipinski definition) is 4. The molecule has 8 nitrogen and oxygen atoms in total. The number of carbonyl (C=O) groups excluding carboxylic acids is 1. The van der Waals surface area contributed by atoms with Crippen LogP contribution in [0.4, 0.5) is 5.69 Å². The number of carbonyl (C=O) groups is 1. The van der Waals surface area contributed by atoms with E-state index in [1.807, 2.05) is 0 Å². The highest BCUT2D eigenvalue weighted by atomic mass is 16.4. The molecule has 1 aromatic carbocycles. The Kier molecular flexibility index (Phi) is 3.19. The van der Waals surface area contributed by atoms with Gasteiger partial charge in [-0.25, -0.2) is 0 Å². The second-order valence-corrected chi connectivity index (χ2v) is 3.34. The molecule has 0 radical (unpaired) electrons. The summed E-state index contributed by atoms with van der Waals surface area (Å²) in [5.41, 5.74) is 6.48. The van der Waals surface area contributed by atoms with E-state index in [1.165, 1.54) is 6.20 Å². The van der Waals surface area contributed by atoms with E-state index < -0.39 is 5.91 Å². The number of anilines is 1. The minimum Gasteiger partial charge on any atom is -0.409 e. The Morgan fingerprint density at radius 3 is 2.89 bits per heavy atom. The lowest BCUT2D eigenvalue weighted by Gasteiger charge is -2.08. The Balaban J connectivity index is 2.27. The van der Waals surface area contributed by atoms with E-state index in [0.717, 1.165) is 0 Å². The van der Waals surface area contributed by atoms with Gasteiger partial charge in [-0.3, -0.25) is 4.79 Å². The Bertz CT molecular complexity index is 578. The van der Waals surface area contributed by atoms with Crippen molar-refractivity contribution >= 4 is 17.4 Å². The van der Waals surface area contributed by atoms with Gasteiger partial charge in [0.1, 0.15) is 0 Å². The van der Waals surface area contributed by atoms with Crippen LogP contribution < -0.4 is 11.1 Å². The van der Waals surface area contributed by atoms with Crippen molar-refractivity contribution < 1.29 is 10.0 Å². The van der Waals surface area contributed by atoms with Gasteiger partial charge in [-0.15, -0.1) is 0 Å². The third-order valence-corrected chi connectivity index (χ3v) is 2.21. The van der Waals surface area contributed by atoms with Crippen LogP contribution in [0.2, 0.25) is 0 Å². The first-order chi connectivity index (χ1) is 8.72. The summed E-state index contributed by atoms with van der Waals surface area (Å²) in [5, 5.41) is 23.7. The van der Waals surface area contributed by atoms with Gasteiger partial charge in [0, 0.05) is 5.56 Å². The van der Waals surface area contributed by atoms with Crippen molar-refractivity contribution in [1.29, 1.82) is 0 Å². The molecule has 5 N–H and O–H groups in total. The van der Waals surface area contributed by atoms with E-state index in [0.29, 0.717) is 11.3 Å². The molecule has 0 spiro atoms. The Labute approximate surface area is 101 Å². The number of nitrogens with one attached hydrogen (secondary N) is 2. The minimum absolute atomic E-state index is 0.0916. The Morgan fingerprint density at radius 2 is 2.22 bits per heavy atom. The fraction of sp³-hybridized carbons (Fsp3) is 0. The number of rotatable bonds is 3. The van der Waals surface area contributed by atoms with E-state index in [1.54, 1.807) is 24.3 Å². The van der Waals surface area contributed by atoms with Crippen molar-refractivity contribution in [2.24, 2.45) is 10.9 Å². The number of hydrogen-bond acceptors (Lipinski definition) is 5. The summed E-state index contributed by atoms with van der Waals surface area (Å²) in [4.78, 5) is 11.8. The SMILES string of the molecule is NC(=NO)c1ccccc1NC(=O)c1cn[nH]n1. The number of nitrogens with two attached hydrogens (primary N) is 1. The zero-order chi connectivity index (χ0) is 13.0. The van der Waals surface area contributed by atoms with Crippen LogP contribution in [-0.2, 0) is 0 Å². The molecule has 0 fully saturated rings. The highest BCUT2D eigenvalue weighted by Crippen LogP contribution is 2.15. The monoisotopic (exact) mass is 246 g/mol. The molecule has 8 heteroatoms. The molecule has 1 aromatic heterocycles. The largest absolute Gasteiger partial charge is 0.409 e. The molecule has 0 aliphatic rings. The first kappa shape index (κ1) is 11.6. The van der Waals surface area contributed by atoms with Crippen molar-refractivity contribution in [2.45, 2.75) is 0 Å². The van der Waals surface area contributed by atoms with E-state index >= 15 is 0 Å². The average molecular weight is 246 g/mol. The molecule has 1 amide bonds. The number of amidine groups is 1. The summed E-state index contributed by atoms with van der Waals surface area (Å²) >= 11 is 0. The number of nitrogens with zero attached hydrogens (tertiary/aromatic N) is 3. The van der Waals surface area contributed by atoms with Crippen LogP contribution in [0, 0.1) is 0 Å². The lowest BCUT2D eigenvalue weighted by atomic mass is 10.1. The summed E-state index contributed by atoms with van der Waals surface area (Å²) in [6, 6.07) is 6.67. The predicted octanol–water partition coefficient (Wildman–Crippen LogP) is 0.151. The van der Waals surface area contributed by atoms with E-state index in [4.69, 9.17) is 10.9 Å². The molecule has 2 rings (SSSR count). The van der Waals surface area contributed by atoms with Gasteiger partial charge >= 0.3 is 0 Å². The minimum atomic E-state index is -0.443. The number of oxime groups is 1. The van der Waals surface area contributed by atoms with Crippen molar-refractivity contribution in [1.82, 2.24) is 15.4 Å². The molecule has 2 aromatic rings. The van der Waals surface area contributed by atoms with Crippen LogP contribution >= 0.6 is 0 Å². The van der Waals surface area contributed by atoms with Crippen LogP contribution in [0.15, 0.2) is 35.6 Å². The van der Waals surface area contributed by atoms with Gasteiger partial charge < -0.3 is 16.3 Å². The van der Waals surface area contributed by atoms with Gasteiger partial charge in [-0.2, -0.15) is 15.4 Å². The number of amides is 1. The summed E-state index contributed by atoms with van der Waals surface area (Å²) in [7, 11) is 0. The third kappa shape index (κ3) is 2.26. The van der Waals surface area contributed by atoms with Crippen molar-refractivity contribution in [3.63, 3.8) is 0 Å². The molecular formula is C10H10N6O2. The number of H-pyrrole nitrogens is 1. The molecule has 0 unspecified atom stereocenters. The fourth-order valence-corrected chi connectivity index (χ4v) is 1.37. The van der Waals surface area contributed by atoms with Crippen LogP contribution in [0.1, 0.15) is 16.1 Å². The second kappa shape index (κ2) is 4.95. The van der Waals surface area contributed by atoms with Gasteiger partial charge in [-0.05, 0) is 12.1 Å². The summed E-state index contributed by atoms with van der Waals surface area (Å²) in [6.07, 6.45) is 1.29. The predicted molar refractivity (Wildman–Crippen MR) is 63.3 cm³/mol. The molecule has 92 valence electrons. The number of para-hydroxylation sites is 1. The summed E-state index contributed by atoms with van der Waals surface area (Å²) in [5.74, 6) is -0.534. The molecule has 0 atom stereocenters. The maximum absolute atomic E-state index is 11.8. The molecule has 0 aliphatic heterocycles. The smallest absolute Gasteiger partial charge is 0.277 e. The van der Waals surface area contributed by atoms with E-state index in [9.17, 15) is 4.79 Å². The van der Waals surface area contributed by atoms with Crippen molar-refractivity contribution in [2.75, 3.05) is 5.32 Å². The van der Waals surface area contributed by atoms with Gasteiger partial charge in [0.2, 0.25) is 0 Å². The van der Waals surface area contributed by atoms with Gasteiger partial charge in [0.05, 0.1) is 11.9 Å². The molecule has 0 saturated heterocycles. The molecule has 18 heavy (non-hydrogen) atoms. The lowest BCUT2D eigenvalue weighted by molar-refractivity contribution is 0.102. The lowest BCUT2D eigenvalue weighted by Crippen LogP contribution is -2.19. The zero-order valence-electron chi connectivity index (χ0n) is 9.16. The first-order valence-electron chi connectivity index (χ1n) is 4.96. The molecule has 0 bridgehead atoms. The van der Waals surface area contributed by atoms with E-state index in [-0.39, 0.29) is 11.5 Å². The van der Waals surface area contributed by atoms with Crippen LogP contribution in [0.3, 0.4) is 0 Å². The second-order valence-electron chi connectivity index (χ2n) is 3.34. The Hall–Kier alpha value is -2.90. The zero-order valence-corrected chi connectivity index (χ0v) is 9.16. The highest BCUT2D eigenvalue weighted by molar-refractivity contribution is 6.08. The van der Waals surface area contributed by atoms with Crippen LogP contribution in [0.25, 0.3) is 0 Å². The van der Waals surface area contributed by atoms with Gasteiger partial charge in [0.15, 0.2) is 11.5 Å². The van der Waals surface area contributed by atoms with Gasteiger partial charge in [0.25, 0.3) is 5.91 Å². The van der Waals surface area contributed by atoms with Crippen LogP contribution in [0.5, 0.6) is 0 Å². The molecule has 1 heterocycles. The quantitative estimate of drug-likeness (QED) is 0.265. The fourth-order valence-electron chi connectivity index (χ4n) is 1.37. The Morgan fingerprint density at radius 1 is 1.44 bits per heavy atom. The van der Waals surface area contributed by atoms with Crippen molar-refractivity contribution in [3.05, 3.63) is 41.7 Å². The maximum atomic E-state index is 11.8. The van der Waals surface area contributed by atoms with E-state index in [2.05, 4.69) is 25.9 Å². The van der Waals surface area contributed by atoms with Crippen molar-refractivity contribution in [3.8, 4) is 0 Å². The maximum Gasteiger partial charge on any atom is 0.277 e. The summed E-state index contributed by atoms with van der Waals surface area (Å²) in [6.45, 7) is 0. The first-order valence-corrected chi connectivity index (χ1v) is 4.96. The molecule has 0 aliphatic carbocycles. The number of aromatic amines is 1. The number of aromatic nitrogens is 3. The van der Waals surface area contributed by atoms with Crippen LogP contribution in [-0.4, -0.2) is 32.4 Å². The average Bonchev–Trinajstić information content (AvgIpc) is 2.92. The normalized spacial score (nSPS) is 11.2. The molecular weight excluding hydrogens is 236 g/mol. The highest BCUT2D eigenvalue weighted by Gasteiger charge is 2.12. The molecule has 0 saturated carbocycles. The summed E-state index contributed by atoms with van der Waals surface area (Å²) < 4.78 is 0. The topological polar surface area (TPSA) is 129 Å². The number of benzene rings is 1. The third-order valence-electron chi connectivity index (χ3n) is 2.21. The standard InChI is InChI=1S/C10H10N6O2/c11-9(15-18)6-3-1-2-4-7(6)13-10(17)8-5-12-16-14-8/h1-5,18H,(H2,11,15)(H,13,17)(H,12,14,16). The van der Waals surface area contributed by atoms with Gasteiger partial charge in [-0.1, -0.05) is 17.3 Å².